The van der Waals surface area contributed by atoms with E-state index in [4.69, 9.17) is 25.6 Å². The average Bonchev–Trinajstić information content (AvgIpc) is 3.34. The fraction of sp³-hybridized carbons (Fsp3) is 0.333. The van der Waals surface area contributed by atoms with Gasteiger partial charge < -0.3 is 29.5 Å². The van der Waals surface area contributed by atoms with Crippen LogP contribution in [-0.2, 0) is 9.53 Å². The van der Waals surface area contributed by atoms with E-state index in [1.165, 1.54) is 6.07 Å². The van der Waals surface area contributed by atoms with Crippen molar-refractivity contribution in [2.45, 2.75) is 44.4 Å². The lowest BCUT2D eigenvalue weighted by Gasteiger charge is -2.42. The lowest BCUT2D eigenvalue weighted by atomic mass is 9.94. The van der Waals surface area contributed by atoms with Gasteiger partial charge in [-0.05, 0) is 62.2 Å². The number of anilines is 2. The molecule has 2 N–H and O–H groups in total. The van der Waals surface area contributed by atoms with Crippen molar-refractivity contribution in [2.75, 3.05) is 24.3 Å². The summed E-state index contributed by atoms with van der Waals surface area (Å²) in [6.07, 6.45) is 0.773. The van der Waals surface area contributed by atoms with Crippen LogP contribution in [0.1, 0.15) is 45.9 Å². The van der Waals surface area contributed by atoms with Gasteiger partial charge in [-0.15, -0.1) is 0 Å². The summed E-state index contributed by atoms with van der Waals surface area (Å²) in [4.78, 5) is 40.1. The highest BCUT2D eigenvalue weighted by molar-refractivity contribution is 6.30. The molecule has 3 aromatic rings. The molecule has 0 spiro atoms. The summed E-state index contributed by atoms with van der Waals surface area (Å²) in [7, 11) is 1.73. The van der Waals surface area contributed by atoms with Crippen molar-refractivity contribution in [3.63, 3.8) is 0 Å². The number of amides is 3. The second-order valence-electron chi connectivity index (χ2n) is 9.42. The van der Waals surface area contributed by atoms with E-state index in [1.807, 2.05) is 0 Å². The van der Waals surface area contributed by atoms with Gasteiger partial charge in [-0.2, -0.15) is 0 Å². The summed E-state index contributed by atoms with van der Waals surface area (Å²) in [6.45, 7) is 1.91. The largest absolute Gasteiger partial charge is 0.490 e. The summed E-state index contributed by atoms with van der Waals surface area (Å²) in [5, 5.41) is 9.90. The van der Waals surface area contributed by atoms with Gasteiger partial charge >= 0.3 is 0 Å². The molecule has 2 aliphatic rings. The Hall–Kier alpha value is -3.89. The van der Waals surface area contributed by atoms with Crippen molar-refractivity contribution in [3.8, 4) is 5.75 Å². The molecule has 0 aliphatic carbocycles. The molecule has 0 saturated carbocycles. The zero-order chi connectivity index (χ0) is 26.8. The zero-order valence-electron chi connectivity index (χ0n) is 20.9. The van der Waals surface area contributed by atoms with Gasteiger partial charge in [-0.25, -0.2) is 0 Å². The van der Waals surface area contributed by atoms with Crippen molar-refractivity contribution < 1.29 is 28.4 Å². The van der Waals surface area contributed by atoms with Crippen LogP contribution in [0.2, 0.25) is 5.02 Å². The van der Waals surface area contributed by atoms with Crippen LogP contribution in [0, 0.1) is 6.92 Å². The van der Waals surface area contributed by atoms with Gasteiger partial charge in [-0.1, -0.05) is 16.8 Å². The third-order valence-corrected chi connectivity index (χ3v) is 6.92. The summed E-state index contributed by atoms with van der Waals surface area (Å²) < 4.78 is 17.2. The Kier molecular flexibility index (Phi) is 7.35. The number of likely N-dealkylation sites (N-methyl/N-ethyl adjacent to an activating group) is 1. The van der Waals surface area contributed by atoms with Crippen LogP contribution >= 0.6 is 11.6 Å². The van der Waals surface area contributed by atoms with Crippen molar-refractivity contribution in [1.82, 2.24) is 10.1 Å². The van der Waals surface area contributed by atoms with Crippen molar-refractivity contribution in [2.24, 2.45) is 0 Å². The van der Waals surface area contributed by atoms with Crippen LogP contribution in [0.3, 0.4) is 0 Å². The van der Waals surface area contributed by atoms with E-state index in [-0.39, 0.29) is 42.7 Å². The molecule has 1 fully saturated rings. The van der Waals surface area contributed by atoms with Gasteiger partial charge in [0, 0.05) is 29.5 Å². The van der Waals surface area contributed by atoms with Crippen LogP contribution in [0.4, 0.5) is 11.4 Å². The monoisotopic (exact) mass is 538 g/mol. The predicted molar refractivity (Wildman–Crippen MR) is 140 cm³/mol. The Balaban J connectivity index is 1.24. The number of ether oxygens (including phenoxy) is 2. The molecule has 3 atom stereocenters. The second kappa shape index (κ2) is 10.8. The third-order valence-electron chi connectivity index (χ3n) is 6.67. The molecule has 11 heteroatoms. The molecule has 0 radical (unpaired) electrons. The molecule has 3 amide bonds. The topological polar surface area (TPSA) is 123 Å². The summed E-state index contributed by atoms with van der Waals surface area (Å²) in [5.41, 5.74) is 1.58. The van der Waals surface area contributed by atoms with Crippen LogP contribution in [0.25, 0.3) is 0 Å². The Labute approximate surface area is 224 Å². The molecule has 2 aromatic carbocycles. The third kappa shape index (κ3) is 5.66. The van der Waals surface area contributed by atoms with Crippen LogP contribution in [0.15, 0.2) is 53.1 Å². The number of halogens is 1. The van der Waals surface area contributed by atoms with Crippen molar-refractivity contribution in [1.29, 1.82) is 0 Å². The number of hydrogen-bond acceptors (Lipinski definition) is 7. The first kappa shape index (κ1) is 25.7. The number of fused-ring (bicyclic) bond motifs is 2. The van der Waals surface area contributed by atoms with Gasteiger partial charge in [0.15, 0.2) is 5.69 Å². The normalized spacial score (nSPS) is 20.9. The Morgan fingerprint density at radius 3 is 2.58 bits per heavy atom. The zero-order valence-corrected chi connectivity index (χ0v) is 21.7. The maximum atomic E-state index is 13.4. The van der Waals surface area contributed by atoms with Gasteiger partial charge in [-0.3, -0.25) is 14.4 Å². The fourth-order valence-electron chi connectivity index (χ4n) is 4.73. The van der Waals surface area contributed by atoms with Crippen LogP contribution < -0.4 is 15.4 Å². The van der Waals surface area contributed by atoms with Gasteiger partial charge in [0.05, 0.1) is 24.1 Å². The Morgan fingerprint density at radius 2 is 1.84 bits per heavy atom. The first-order valence-electron chi connectivity index (χ1n) is 12.3. The molecule has 1 aromatic heterocycles. The lowest BCUT2D eigenvalue weighted by Crippen LogP contribution is -2.53. The molecule has 10 nitrogen and oxygen atoms in total. The van der Waals surface area contributed by atoms with E-state index in [9.17, 15) is 14.4 Å². The van der Waals surface area contributed by atoms with E-state index in [0.29, 0.717) is 46.3 Å². The maximum absolute atomic E-state index is 13.4. The Morgan fingerprint density at radius 1 is 1.08 bits per heavy atom. The number of aromatic nitrogens is 1. The molecule has 0 unspecified atom stereocenters. The van der Waals surface area contributed by atoms with Crippen molar-refractivity contribution >= 4 is 40.7 Å². The number of carbonyl (C=O) groups is 3. The highest BCUT2D eigenvalue weighted by Crippen LogP contribution is 2.32. The van der Waals surface area contributed by atoms with Crippen LogP contribution in [-0.4, -0.2) is 59.7 Å². The van der Waals surface area contributed by atoms with E-state index in [2.05, 4.69) is 15.8 Å². The number of carbonyl (C=O) groups excluding carboxylic acids is 3. The van der Waals surface area contributed by atoms with Crippen molar-refractivity contribution in [3.05, 3.63) is 70.6 Å². The standard InChI is InChI=1S/C27H27ClN4O6/c1-15-11-21(31-38-15)26(34)30-18-7-10-23-20(12-18)27(35)32(2)22-9-8-19(37-24(22)14-36-23)13-25(33)29-17-5-3-16(28)4-6-17/h3-7,10-12,19,22,24H,8-9,13-14H2,1-2H3,(H,29,33)(H,30,34)/t19-,22+,24-/m1/s1. The first-order valence-corrected chi connectivity index (χ1v) is 12.6. The number of aryl methyl sites for hydroxylation is 1. The molecule has 0 bridgehead atoms. The number of rotatable bonds is 5. The lowest BCUT2D eigenvalue weighted by molar-refractivity contribution is -0.130. The molecule has 1 saturated heterocycles. The number of nitrogens with one attached hydrogen (secondary N) is 2. The summed E-state index contributed by atoms with van der Waals surface area (Å²) in [6, 6.07) is 13.1. The summed E-state index contributed by atoms with van der Waals surface area (Å²) in [5.74, 6) is 0.0635. The van der Waals surface area contributed by atoms with Crippen LogP contribution in [0.5, 0.6) is 5.75 Å². The smallest absolute Gasteiger partial charge is 0.277 e. The van der Waals surface area contributed by atoms with E-state index in [0.717, 1.165) is 0 Å². The second-order valence-corrected chi connectivity index (χ2v) is 9.85. The minimum atomic E-state index is -0.443. The molecule has 38 heavy (non-hydrogen) atoms. The number of nitrogens with zero attached hydrogens (tertiary/aromatic N) is 2. The molecule has 5 rings (SSSR count). The minimum Gasteiger partial charge on any atom is -0.490 e. The van der Waals surface area contributed by atoms with E-state index >= 15 is 0 Å². The SMILES string of the molecule is Cc1cc(C(=O)Nc2ccc3c(c2)C(=O)N(C)[C@H]2CC[C@H](CC(=O)Nc4ccc(Cl)cc4)O[C@@H]2CO3)no1. The average molecular weight is 539 g/mol. The molecule has 2 aliphatic heterocycles. The van der Waals surface area contributed by atoms with Gasteiger partial charge in [0.25, 0.3) is 11.8 Å². The van der Waals surface area contributed by atoms with Gasteiger partial charge in [0.2, 0.25) is 5.91 Å². The van der Waals surface area contributed by atoms with Gasteiger partial charge in [0.1, 0.15) is 24.2 Å². The highest BCUT2D eigenvalue weighted by atomic mass is 35.5. The Bertz CT molecular complexity index is 1360. The van der Waals surface area contributed by atoms with E-state index < -0.39 is 12.0 Å². The highest BCUT2D eigenvalue weighted by Gasteiger charge is 2.39. The summed E-state index contributed by atoms with van der Waals surface area (Å²) >= 11 is 5.90. The molecular weight excluding hydrogens is 512 g/mol. The maximum Gasteiger partial charge on any atom is 0.277 e. The minimum absolute atomic E-state index is 0.146. The van der Waals surface area contributed by atoms with E-state index in [1.54, 1.807) is 61.3 Å². The fourth-order valence-corrected chi connectivity index (χ4v) is 4.85. The number of hydrogen-bond donors (Lipinski definition) is 2. The quantitative estimate of drug-likeness (QED) is 0.496. The number of benzene rings is 2. The predicted octanol–water partition coefficient (Wildman–Crippen LogP) is 4.30. The first-order chi connectivity index (χ1) is 18.3. The molecular formula is C27H27ClN4O6. The molecule has 198 valence electrons. The molecule has 3 heterocycles.